The van der Waals surface area contributed by atoms with Gasteiger partial charge in [0.1, 0.15) is 6.10 Å². The molecular weight excluding hydrogens is 405 g/mol. The van der Waals surface area contributed by atoms with Gasteiger partial charge < -0.3 is 9.47 Å². The monoisotopic (exact) mass is 438 g/mol. The van der Waals surface area contributed by atoms with Crippen molar-refractivity contribution in [3.8, 4) is 0 Å². The maximum Gasteiger partial charge on any atom is 0.432 e. The Kier molecular flexibility index (Phi) is 9.35. The van der Waals surface area contributed by atoms with Gasteiger partial charge in [0, 0.05) is 12.7 Å². The molecule has 172 valence electrons. The number of fused-ring (bicyclic) bond motifs is 1. The summed E-state index contributed by atoms with van der Waals surface area (Å²) in [5.41, 5.74) is -3.42. The van der Waals surface area contributed by atoms with Gasteiger partial charge in [-0.25, -0.2) is 4.79 Å². The summed E-state index contributed by atoms with van der Waals surface area (Å²) < 4.78 is 54.0. The minimum Gasteiger partial charge on any atom is -0.460 e. The molecule has 0 aliphatic rings. The molecule has 0 unspecified atom stereocenters. The molecule has 3 nitrogen and oxygen atoms in total. The van der Waals surface area contributed by atoms with Gasteiger partial charge in [-0.15, -0.1) is 0 Å². The van der Waals surface area contributed by atoms with Crippen molar-refractivity contribution >= 4 is 16.7 Å². The van der Waals surface area contributed by atoms with Gasteiger partial charge in [0.25, 0.3) is 5.60 Å². The molecular formula is C25H33F3O3. The molecule has 2 aromatic carbocycles. The van der Waals surface area contributed by atoms with Gasteiger partial charge in [0.05, 0.1) is 0 Å². The van der Waals surface area contributed by atoms with Crippen LogP contribution in [0.2, 0.25) is 0 Å². The molecule has 31 heavy (non-hydrogen) atoms. The molecule has 0 radical (unpaired) electrons. The number of carbonyl (C=O) groups excluding carboxylic acids is 1. The van der Waals surface area contributed by atoms with Crippen molar-refractivity contribution in [2.45, 2.75) is 83.1 Å². The fraction of sp³-hybridized carbons (Fsp3) is 0.560. The number of benzene rings is 2. The van der Waals surface area contributed by atoms with E-state index in [0.29, 0.717) is 23.6 Å². The van der Waals surface area contributed by atoms with E-state index in [-0.39, 0.29) is 5.56 Å². The summed E-state index contributed by atoms with van der Waals surface area (Å²) in [4.78, 5) is 13.2. The van der Waals surface area contributed by atoms with E-state index in [2.05, 4.69) is 13.8 Å². The molecule has 0 amide bonds. The summed E-state index contributed by atoms with van der Waals surface area (Å²) >= 11 is 0. The summed E-state index contributed by atoms with van der Waals surface area (Å²) in [6.07, 6.45) is 1.03. The minimum atomic E-state index is -4.99. The average Bonchev–Trinajstić information content (AvgIpc) is 2.74. The number of carbonyl (C=O) groups is 1. The summed E-state index contributed by atoms with van der Waals surface area (Å²) in [5, 5.41) is 0.913. The Morgan fingerprint density at radius 3 is 2.03 bits per heavy atom. The second-order valence-corrected chi connectivity index (χ2v) is 7.93. The first-order chi connectivity index (χ1) is 14.8. The highest BCUT2D eigenvalue weighted by molar-refractivity contribution is 5.93. The van der Waals surface area contributed by atoms with Crippen molar-refractivity contribution in [1.82, 2.24) is 0 Å². The lowest BCUT2D eigenvalue weighted by molar-refractivity contribution is -0.278. The van der Waals surface area contributed by atoms with Crippen molar-refractivity contribution in [2.75, 3.05) is 7.11 Å². The van der Waals surface area contributed by atoms with Gasteiger partial charge in [0.15, 0.2) is 0 Å². The van der Waals surface area contributed by atoms with E-state index in [0.717, 1.165) is 45.6 Å². The Morgan fingerprint density at radius 2 is 1.48 bits per heavy atom. The molecule has 1 atom stereocenters. The summed E-state index contributed by atoms with van der Waals surface area (Å²) in [6, 6.07) is 11.2. The summed E-state index contributed by atoms with van der Waals surface area (Å²) in [5.74, 6) is -1.39. The number of esters is 1. The topological polar surface area (TPSA) is 35.5 Å². The first kappa shape index (κ1) is 25.2. The number of unbranched alkanes of at least 4 members (excludes halogenated alkanes) is 4. The molecule has 0 N–H and O–H groups in total. The van der Waals surface area contributed by atoms with Crippen LogP contribution in [0.15, 0.2) is 42.5 Å². The Labute approximate surface area is 182 Å². The fourth-order valence-corrected chi connectivity index (χ4v) is 3.96. The number of hydrogen-bond donors (Lipinski definition) is 0. The Morgan fingerprint density at radius 1 is 0.903 bits per heavy atom. The largest absolute Gasteiger partial charge is 0.460 e. The summed E-state index contributed by atoms with van der Waals surface area (Å²) in [6.45, 7) is 4.11. The number of halogens is 3. The van der Waals surface area contributed by atoms with Crippen LogP contribution in [0.1, 0.15) is 70.8 Å². The van der Waals surface area contributed by atoms with Gasteiger partial charge in [-0.05, 0) is 36.5 Å². The van der Waals surface area contributed by atoms with E-state index in [1.165, 1.54) is 12.1 Å². The predicted octanol–water partition coefficient (Wildman–Crippen LogP) is 7.32. The van der Waals surface area contributed by atoms with Gasteiger partial charge in [-0.1, -0.05) is 82.0 Å². The van der Waals surface area contributed by atoms with Crippen molar-refractivity contribution in [1.29, 1.82) is 0 Å². The Hall–Kier alpha value is -2.08. The Balaban J connectivity index is 2.45. The number of ether oxygens (including phenoxy) is 2. The second-order valence-electron chi connectivity index (χ2n) is 7.93. The quantitative estimate of drug-likeness (QED) is 0.257. The van der Waals surface area contributed by atoms with E-state index in [9.17, 15) is 18.0 Å². The fourth-order valence-electron chi connectivity index (χ4n) is 3.96. The van der Waals surface area contributed by atoms with Crippen molar-refractivity contribution in [3.05, 3.63) is 48.0 Å². The normalized spacial score (nSPS) is 14.0. The standard InChI is InChI=1S/C25H33F3O3/c1-4-6-8-15-20(16-9-7-5-2)31-23(29)24(30-3,25(26,27)28)22-18-12-14-19-13-10-11-17-21(19)22/h10-14,17-18,20H,4-9,15-16H2,1-3H3/t24-/m0/s1. The minimum absolute atomic E-state index is 0.244. The highest BCUT2D eigenvalue weighted by Gasteiger charge is 2.64. The lowest BCUT2D eigenvalue weighted by atomic mass is 9.88. The van der Waals surface area contributed by atoms with Gasteiger partial charge >= 0.3 is 12.1 Å². The van der Waals surface area contributed by atoms with E-state index in [1.807, 2.05) is 0 Å². The van der Waals surface area contributed by atoms with Crippen molar-refractivity contribution in [2.24, 2.45) is 0 Å². The second kappa shape index (κ2) is 11.5. The molecule has 0 spiro atoms. The smallest absolute Gasteiger partial charge is 0.432 e. The SMILES string of the molecule is CCCCCC(CCCCC)OC(=O)[C@@](OC)(c1cccc2ccccc12)C(F)(F)F. The molecule has 0 saturated carbocycles. The molecule has 0 bridgehead atoms. The van der Waals surface area contributed by atoms with E-state index < -0.39 is 23.9 Å². The number of hydrogen-bond acceptors (Lipinski definition) is 3. The molecule has 0 fully saturated rings. The zero-order valence-electron chi connectivity index (χ0n) is 18.6. The van der Waals surface area contributed by atoms with Crippen LogP contribution in [0.5, 0.6) is 0 Å². The van der Waals surface area contributed by atoms with Gasteiger partial charge in [0.2, 0.25) is 0 Å². The number of rotatable bonds is 12. The Bertz CT molecular complexity index is 819. The maximum absolute atomic E-state index is 14.5. The van der Waals surface area contributed by atoms with Crippen LogP contribution in [0, 0.1) is 0 Å². The molecule has 0 saturated heterocycles. The van der Waals surface area contributed by atoms with Crippen LogP contribution in [-0.4, -0.2) is 25.4 Å². The van der Waals surface area contributed by atoms with Crippen LogP contribution in [0.3, 0.4) is 0 Å². The first-order valence-electron chi connectivity index (χ1n) is 11.1. The highest BCUT2D eigenvalue weighted by Crippen LogP contribution is 2.45. The van der Waals surface area contributed by atoms with Crippen LogP contribution < -0.4 is 0 Å². The number of methoxy groups -OCH3 is 1. The summed E-state index contributed by atoms with van der Waals surface area (Å²) in [7, 11) is 0.916. The van der Waals surface area contributed by atoms with Crippen LogP contribution >= 0.6 is 0 Å². The average molecular weight is 439 g/mol. The van der Waals surface area contributed by atoms with Crippen molar-refractivity contribution in [3.63, 3.8) is 0 Å². The molecule has 2 aromatic rings. The lowest BCUT2D eigenvalue weighted by Crippen LogP contribution is -2.52. The van der Waals surface area contributed by atoms with Gasteiger partial charge in [-0.3, -0.25) is 0 Å². The van der Waals surface area contributed by atoms with Crippen LogP contribution in [-0.2, 0) is 19.9 Å². The molecule has 0 heterocycles. The molecule has 0 aliphatic carbocycles. The zero-order valence-corrected chi connectivity index (χ0v) is 18.6. The van der Waals surface area contributed by atoms with E-state index in [1.54, 1.807) is 30.3 Å². The number of alkyl halides is 3. The predicted molar refractivity (Wildman–Crippen MR) is 117 cm³/mol. The third kappa shape index (κ3) is 5.79. The van der Waals surface area contributed by atoms with Crippen molar-refractivity contribution < 1.29 is 27.4 Å². The first-order valence-corrected chi connectivity index (χ1v) is 11.1. The zero-order chi connectivity index (χ0) is 22.9. The lowest BCUT2D eigenvalue weighted by Gasteiger charge is -2.34. The van der Waals surface area contributed by atoms with E-state index in [4.69, 9.17) is 9.47 Å². The van der Waals surface area contributed by atoms with E-state index >= 15 is 0 Å². The van der Waals surface area contributed by atoms with Gasteiger partial charge in [-0.2, -0.15) is 13.2 Å². The van der Waals surface area contributed by atoms with Crippen LogP contribution in [0.25, 0.3) is 10.8 Å². The molecule has 2 rings (SSSR count). The maximum atomic E-state index is 14.5. The third-order valence-electron chi connectivity index (χ3n) is 5.69. The third-order valence-corrected chi connectivity index (χ3v) is 5.69. The molecule has 0 aromatic heterocycles. The highest BCUT2D eigenvalue weighted by atomic mass is 19.4. The molecule has 0 aliphatic heterocycles. The molecule has 6 heteroatoms. The van der Waals surface area contributed by atoms with Crippen LogP contribution in [0.4, 0.5) is 13.2 Å².